The summed E-state index contributed by atoms with van der Waals surface area (Å²) in [6.45, 7) is 3.87. The lowest BCUT2D eigenvalue weighted by Crippen LogP contribution is -1.97. The normalized spacial score (nSPS) is 10.2. The summed E-state index contributed by atoms with van der Waals surface area (Å²) in [6, 6.07) is 10.2. The standard InChI is InChI=1S/C14H11FN2O2/c1-9(10-2-5-12(15)6-3-10)11-4-7-13(16)14(8-11)17(18)19/h2-8H,1,16H2. The van der Waals surface area contributed by atoms with Crippen molar-refractivity contribution >= 4 is 16.9 Å². The molecule has 0 amide bonds. The molecule has 0 bridgehead atoms. The van der Waals surface area contributed by atoms with Gasteiger partial charge in [0.05, 0.1) is 4.92 Å². The van der Waals surface area contributed by atoms with Crippen molar-refractivity contribution in [2.24, 2.45) is 0 Å². The van der Waals surface area contributed by atoms with Crippen molar-refractivity contribution in [2.75, 3.05) is 5.73 Å². The minimum absolute atomic E-state index is 0.0978. The van der Waals surface area contributed by atoms with E-state index in [0.29, 0.717) is 16.7 Å². The van der Waals surface area contributed by atoms with Crippen molar-refractivity contribution in [3.8, 4) is 0 Å². The molecule has 5 heteroatoms. The van der Waals surface area contributed by atoms with E-state index in [0.717, 1.165) is 0 Å². The highest BCUT2D eigenvalue weighted by molar-refractivity contribution is 5.80. The van der Waals surface area contributed by atoms with Gasteiger partial charge in [0.1, 0.15) is 11.5 Å². The molecule has 0 aliphatic rings. The number of halogens is 1. The molecular weight excluding hydrogens is 247 g/mol. The van der Waals surface area contributed by atoms with Crippen LogP contribution < -0.4 is 5.73 Å². The molecule has 0 aliphatic carbocycles. The highest BCUT2D eigenvalue weighted by Crippen LogP contribution is 2.28. The number of nitrogens with zero attached hydrogens (tertiary/aromatic N) is 1. The molecule has 0 radical (unpaired) electrons. The summed E-state index contributed by atoms with van der Waals surface area (Å²) < 4.78 is 12.8. The fourth-order valence-corrected chi connectivity index (χ4v) is 1.71. The van der Waals surface area contributed by atoms with Gasteiger partial charge in [-0.05, 0) is 34.9 Å². The zero-order valence-corrected chi connectivity index (χ0v) is 9.97. The third-order valence-corrected chi connectivity index (χ3v) is 2.77. The number of rotatable bonds is 3. The maximum absolute atomic E-state index is 12.8. The van der Waals surface area contributed by atoms with Crippen LogP contribution in [0.2, 0.25) is 0 Å². The molecule has 96 valence electrons. The average Bonchev–Trinajstić information content (AvgIpc) is 2.39. The highest BCUT2D eigenvalue weighted by atomic mass is 19.1. The van der Waals surface area contributed by atoms with E-state index in [1.54, 1.807) is 18.2 Å². The van der Waals surface area contributed by atoms with Gasteiger partial charge in [-0.1, -0.05) is 24.8 Å². The van der Waals surface area contributed by atoms with E-state index in [-0.39, 0.29) is 17.2 Å². The van der Waals surface area contributed by atoms with Crippen molar-refractivity contribution in [3.05, 3.63) is 76.1 Å². The number of hydrogen-bond donors (Lipinski definition) is 1. The minimum Gasteiger partial charge on any atom is -0.393 e. The Bertz CT molecular complexity index is 651. The summed E-state index contributed by atoms with van der Waals surface area (Å²) in [7, 11) is 0. The lowest BCUT2D eigenvalue weighted by atomic mass is 9.99. The van der Waals surface area contributed by atoms with Gasteiger partial charge < -0.3 is 5.73 Å². The average molecular weight is 258 g/mol. The Morgan fingerprint density at radius 1 is 1.16 bits per heavy atom. The number of nitrogen functional groups attached to an aromatic ring is 1. The Balaban J connectivity index is 2.42. The van der Waals surface area contributed by atoms with E-state index < -0.39 is 4.92 Å². The Labute approximate surface area is 109 Å². The van der Waals surface area contributed by atoms with Crippen molar-refractivity contribution in [1.82, 2.24) is 0 Å². The first-order chi connectivity index (χ1) is 8.99. The van der Waals surface area contributed by atoms with Gasteiger partial charge in [-0.15, -0.1) is 0 Å². The molecule has 2 N–H and O–H groups in total. The molecule has 0 aliphatic heterocycles. The summed E-state index contributed by atoms with van der Waals surface area (Å²) >= 11 is 0. The van der Waals surface area contributed by atoms with Gasteiger partial charge in [0, 0.05) is 6.07 Å². The number of benzene rings is 2. The van der Waals surface area contributed by atoms with Gasteiger partial charge in [0.2, 0.25) is 0 Å². The molecule has 0 unspecified atom stereocenters. The lowest BCUT2D eigenvalue weighted by Gasteiger charge is -2.07. The first-order valence-corrected chi connectivity index (χ1v) is 5.48. The van der Waals surface area contributed by atoms with Gasteiger partial charge in [0.25, 0.3) is 5.69 Å². The summed E-state index contributed by atoms with van der Waals surface area (Å²) in [4.78, 5) is 10.3. The lowest BCUT2D eigenvalue weighted by molar-refractivity contribution is -0.383. The number of nitro groups is 1. The fraction of sp³-hybridized carbons (Fsp3) is 0. The number of nitro benzene ring substituents is 1. The van der Waals surface area contributed by atoms with Crippen LogP contribution >= 0.6 is 0 Å². The van der Waals surface area contributed by atoms with Crippen LogP contribution in [0, 0.1) is 15.9 Å². The maximum atomic E-state index is 12.8. The summed E-state index contributed by atoms with van der Waals surface area (Å²) in [5, 5.41) is 10.8. The molecule has 0 atom stereocenters. The molecule has 2 rings (SSSR count). The quantitative estimate of drug-likeness (QED) is 0.521. The first-order valence-electron chi connectivity index (χ1n) is 5.48. The predicted molar refractivity (Wildman–Crippen MR) is 72.0 cm³/mol. The molecule has 2 aromatic carbocycles. The second kappa shape index (κ2) is 4.89. The van der Waals surface area contributed by atoms with E-state index in [1.165, 1.54) is 24.3 Å². The maximum Gasteiger partial charge on any atom is 0.292 e. The third-order valence-electron chi connectivity index (χ3n) is 2.77. The molecule has 2 aromatic rings. The van der Waals surface area contributed by atoms with Crippen LogP contribution in [-0.2, 0) is 0 Å². The van der Waals surface area contributed by atoms with E-state index >= 15 is 0 Å². The molecule has 19 heavy (non-hydrogen) atoms. The van der Waals surface area contributed by atoms with Crippen LogP contribution in [-0.4, -0.2) is 4.92 Å². The van der Waals surface area contributed by atoms with Crippen molar-refractivity contribution in [1.29, 1.82) is 0 Å². The highest BCUT2D eigenvalue weighted by Gasteiger charge is 2.13. The molecule has 0 aromatic heterocycles. The van der Waals surface area contributed by atoms with Crippen LogP contribution in [0.25, 0.3) is 5.57 Å². The van der Waals surface area contributed by atoms with E-state index in [2.05, 4.69) is 6.58 Å². The topological polar surface area (TPSA) is 69.2 Å². The van der Waals surface area contributed by atoms with E-state index in [4.69, 9.17) is 5.73 Å². The SMILES string of the molecule is C=C(c1ccc(F)cc1)c1ccc(N)c([N+](=O)[O-])c1. The third kappa shape index (κ3) is 2.60. The van der Waals surface area contributed by atoms with Gasteiger partial charge in [-0.25, -0.2) is 4.39 Å². The largest absolute Gasteiger partial charge is 0.393 e. The first kappa shape index (κ1) is 12.8. The Morgan fingerprint density at radius 3 is 2.32 bits per heavy atom. The van der Waals surface area contributed by atoms with Crippen LogP contribution in [0.4, 0.5) is 15.8 Å². The smallest absolute Gasteiger partial charge is 0.292 e. The molecule has 0 saturated heterocycles. The van der Waals surface area contributed by atoms with E-state index in [1.807, 2.05) is 0 Å². The van der Waals surface area contributed by atoms with Gasteiger partial charge >= 0.3 is 0 Å². The number of hydrogen-bond acceptors (Lipinski definition) is 3. The minimum atomic E-state index is -0.545. The predicted octanol–water partition coefficient (Wildman–Crippen LogP) is 3.38. The van der Waals surface area contributed by atoms with Crippen molar-refractivity contribution < 1.29 is 9.31 Å². The zero-order valence-electron chi connectivity index (χ0n) is 9.97. The Morgan fingerprint density at radius 2 is 1.74 bits per heavy atom. The van der Waals surface area contributed by atoms with Crippen LogP contribution in [0.5, 0.6) is 0 Å². The second-order valence-electron chi connectivity index (χ2n) is 4.02. The fourth-order valence-electron chi connectivity index (χ4n) is 1.71. The summed E-state index contributed by atoms with van der Waals surface area (Å²) in [5.74, 6) is -0.347. The van der Waals surface area contributed by atoms with Gasteiger partial charge in [-0.3, -0.25) is 10.1 Å². The van der Waals surface area contributed by atoms with Gasteiger partial charge in [0.15, 0.2) is 0 Å². The molecule has 0 saturated carbocycles. The zero-order chi connectivity index (χ0) is 14.0. The Kier molecular flexibility index (Phi) is 3.29. The summed E-state index contributed by atoms with van der Waals surface area (Å²) in [6.07, 6.45) is 0. The molecule has 0 fully saturated rings. The van der Waals surface area contributed by atoms with Crippen LogP contribution in [0.15, 0.2) is 49.0 Å². The number of anilines is 1. The van der Waals surface area contributed by atoms with Crippen molar-refractivity contribution in [3.63, 3.8) is 0 Å². The van der Waals surface area contributed by atoms with Crippen LogP contribution in [0.3, 0.4) is 0 Å². The van der Waals surface area contributed by atoms with Gasteiger partial charge in [-0.2, -0.15) is 0 Å². The molecule has 0 spiro atoms. The Hall–Kier alpha value is -2.69. The molecular formula is C14H11FN2O2. The van der Waals surface area contributed by atoms with Crippen LogP contribution in [0.1, 0.15) is 11.1 Å². The van der Waals surface area contributed by atoms with Crippen molar-refractivity contribution in [2.45, 2.75) is 0 Å². The van der Waals surface area contributed by atoms with E-state index in [9.17, 15) is 14.5 Å². The second-order valence-corrected chi connectivity index (χ2v) is 4.02. The summed E-state index contributed by atoms with van der Waals surface area (Å²) in [5.41, 5.74) is 7.30. The molecule has 0 heterocycles. The monoisotopic (exact) mass is 258 g/mol. The number of nitrogens with two attached hydrogens (primary N) is 1. The molecule has 4 nitrogen and oxygen atoms in total.